The molecule has 0 amide bonds. The van der Waals surface area contributed by atoms with Gasteiger partial charge in [-0.3, -0.25) is 0 Å². The Balaban J connectivity index is 2.60. The largest absolute Gasteiger partial charge is 0.0996 e. The van der Waals surface area contributed by atoms with E-state index in [-0.39, 0.29) is 0 Å². The SMILES string of the molecule is C=C1CC[C@H](C)[C@@H](C)[C@@H]1C. The van der Waals surface area contributed by atoms with Crippen molar-refractivity contribution in [2.45, 2.75) is 33.6 Å². The Morgan fingerprint density at radius 3 is 2.40 bits per heavy atom. The molecule has 0 spiro atoms. The van der Waals surface area contributed by atoms with Gasteiger partial charge in [0.2, 0.25) is 0 Å². The van der Waals surface area contributed by atoms with Gasteiger partial charge in [-0.1, -0.05) is 32.9 Å². The van der Waals surface area contributed by atoms with Gasteiger partial charge in [0.05, 0.1) is 0 Å². The Morgan fingerprint density at radius 2 is 1.90 bits per heavy atom. The minimum Gasteiger partial charge on any atom is -0.0996 e. The summed E-state index contributed by atoms with van der Waals surface area (Å²) < 4.78 is 0. The van der Waals surface area contributed by atoms with Crippen molar-refractivity contribution in [3.63, 3.8) is 0 Å². The highest BCUT2D eigenvalue weighted by atomic mass is 14.3. The van der Waals surface area contributed by atoms with Crippen LogP contribution in [0, 0.1) is 17.8 Å². The molecule has 0 saturated heterocycles. The molecule has 0 heteroatoms. The average Bonchev–Trinajstić information content (AvgIpc) is 1.93. The maximum Gasteiger partial charge on any atom is -0.0206 e. The van der Waals surface area contributed by atoms with E-state index in [0.717, 1.165) is 17.8 Å². The Kier molecular flexibility index (Phi) is 2.18. The minimum absolute atomic E-state index is 0.753. The summed E-state index contributed by atoms with van der Waals surface area (Å²) in [6.45, 7) is 11.1. The smallest absolute Gasteiger partial charge is 0.0206 e. The lowest BCUT2D eigenvalue weighted by atomic mass is 9.72. The van der Waals surface area contributed by atoms with E-state index in [9.17, 15) is 0 Å². The van der Waals surface area contributed by atoms with Crippen molar-refractivity contribution in [1.29, 1.82) is 0 Å². The summed E-state index contributed by atoms with van der Waals surface area (Å²) in [5.74, 6) is 2.51. The summed E-state index contributed by atoms with van der Waals surface area (Å²) in [6.07, 6.45) is 2.61. The highest BCUT2D eigenvalue weighted by Gasteiger charge is 2.25. The van der Waals surface area contributed by atoms with Gasteiger partial charge in [0.1, 0.15) is 0 Å². The molecule has 0 aromatic rings. The normalized spacial score (nSPS) is 41.9. The fourth-order valence-electron chi connectivity index (χ4n) is 1.77. The second-order valence-electron chi connectivity index (χ2n) is 3.82. The second kappa shape index (κ2) is 2.77. The van der Waals surface area contributed by atoms with Crippen LogP contribution in [0.15, 0.2) is 12.2 Å². The molecule has 0 aromatic carbocycles. The molecule has 0 aromatic heterocycles. The number of hydrogen-bond donors (Lipinski definition) is 0. The first-order valence-corrected chi connectivity index (χ1v) is 4.30. The highest BCUT2D eigenvalue weighted by Crippen LogP contribution is 2.36. The van der Waals surface area contributed by atoms with Gasteiger partial charge in [-0.05, 0) is 30.6 Å². The van der Waals surface area contributed by atoms with Gasteiger partial charge < -0.3 is 0 Å². The molecule has 0 bridgehead atoms. The van der Waals surface area contributed by atoms with Crippen molar-refractivity contribution in [2.75, 3.05) is 0 Å². The molecule has 58 valence electrons. The number of allylic oxidation sites excluding steroid dienone is 1. The van der Waals surface area contributed by atoms with E-state index in [1.165, 1.54) is 18.4 Å². The van der Waals surface area contributed by atoms with Crippen LogP contribution in [0.5, 0.6) is 0 Å². The van der Waals surface area contributed by atoms with E-state index in [1.807, 2.05) is 0 Å². The van der Waals surface area contributed by atoms with Crippen LogP contribution in [-0.4, -0.2) is 0 Å². The van der Waals surface area contributed by atoms with E-state index < -0.39 is 0 Å². The molecule has 0 heterocycles. The standard InChI is InChI=1S/C10H18/c1-7-5-6-8(2)10(4)9(7)3/h8-10H,1,5-6H2,2-4H3/t8-,9+,10+/m0/s1. The molecule has 0 N–H and O–H groups in total. The summed E-state index contributed by atoms with van der Waals surface area (Å²) in [5, 5.41) is 0. The highest BCUT2D eigenvalue weighted by molar-refractivity contribution is 5.04. The first kappa shape index (κ1) is 7.84. The van der Waals surface area contributed by atoms with Crippen LogP contribution in [0.2, 0.25) is 0 Å². The van der Waals surface area contributed by atoms with E-state index in [1.54, 1.807) is 0 Å². The summed E-state index contributed by atoms with van der Waals surface area (Å²) in [7, 11) is 0. The average molecular weight is 138 g/mol. The van der Waals surface area contributed by atoms with Crippen LogP contribution < -0.4 is 0 Å². The fraction of sp³-hybridized carbons (Fsp3) is 0.800. The van der Waals surface area contributed by atoms with Crippen LogP contribution in [-0.2, 0) is 0 Å². The van der Waals surface area contributed by atoms with Crippen LogP contribution in [0.1, 0.15) is 33.6 Å². The third kappa shape index (κ3) is 1.25. The van der Waals surface area contributed by atoms with Crippen LogP contribution >= 0.6 is 0 Å². The molecular weight excluding hydrogens is 120 g/mol. The zero-order valence-electron chi connectivity index (χ0n) is 7.35. The van der Waals surface area contributed by atoms with E-state index in [4.69, 9.17) is 0 Å². The van der Waals surface area contributed by atoms with Gasteiger partial charge in [0.15, 0.2) is 0 Å². The molecule has 1 aliphatic rings. The van der Waals surface area contributed by atoms with E-state index in [0.29, 0.717) is 0 Å². The van der Waals surface area contributed by atoms with Gasteiger partial charge in [-0.25, -0.2) is 0 Å². The van der Waals surface area contributed by atoms with Crippen LogP contribution in [0.25, 0.3) is 0 Å². The van der Waals surface area contributed by atoms with Crippen molar-refractivity contribution >= 4 is 0 Å². The third-order valence-electron chi connectivity index (χ3n) is 3.25. The van der Waals surface area contributed by atoms with Crippen LogP contribution in [0.4, 0.5) is 0 Å². The molecule has 0 radical (unpaired) electrons. The lowest BCUT2D eigenvalue weighted by Crippen LogP contribution is -2.23. The Labute approximate surface area is 64.3 Å². The fourth-order valence-corrected chi connectivity index (χ4v) is 1.77. The minimum atomic E-state index is 0.753. The maximum absolute atomic E-state index is 4.08. The topological polar surface area (TPSA) is 0 Å². The number of hydrogen-bond acceptors (Lipinski definition) is 0. The van der Waals surface area contributed by atoms with Gasteiger partial charge in [0, 0.05) is 0 Å². The van der Waals surface area contributed by atoms with Crippen molar-refractivity contribution in [2.24, 2.45) is 17.8 Å². The molecule has 0 nitrogen and oxygen atoms in total. The Bertz CT molecular complexity index is 135. The first-order chi connectivity index (χ1) is 4.63. The lowest BCUT2D eigenvalue weighted by molar-refractivity contribution is 0.253. The van der Waals surface area contributed by atoms with E-state index in [2.05, 4.69) is 27.4 Å². The summed E-state index contributed by atoms with van der Waals surface area (Å²) in [5.41, 5.74) is 1.46. The van der Waals surface area contributed by atoms with Gasteiger partial charge in [0.25, 0.3) is 0 Å². The van der Waals surface area contributed by atoms with Gasteiger partial charge in [-0.2, -0.15) is 0 Å². The second-order valence-corrected chi connectivity index (χ2v) is 3.82. The summed E-state index contributed by atoms with van der Waals surface area (Å²) in [6, 6.07) is 0. The zero-order chi connectivity index (χ0) is 7.72. The first-order valence-electron chi connectivity index (χ1n) is 4.30. The zero-order valence-corrected chi connectivity index (χ0v) is 7.35. The van der Waals surface area contributed by atoms with E-state index >= 15 is 0 Å². The van der Waals surface area contributed by atoms with Crippen molar-refractivity contribution in [3.8, 4) is 0 Å². The number of rotatable bonds is 0. The van der Waals surface area contributed by atoms with Crippen molar-refractivity contribution in [1.82, 2.24) is 0 Å². The maximum atomic E-state index is 4.08. The molecule has 10 heavy (non-hydrogen) atoms. The Morgan fingerprint density at radius 1 is 1.30 bits per heavy atom. The quantitative estimate of drug-likeness (QED) is 0.451. The molecule has 1 rings (SSSR count). The van der Waals surface area contributed by atoms with Gasteiger partial charge in [-0.15, -0.1) is 0 Å². The molecule has 3 atom stereocenters. The molecule has 1 saturated carbocycles. The molecular formula is C10H18. The Hall–Kier alpha value is -0.260. The van der Waals surface area contributed by atoms with Crippen LogP contribution in [0.3, 0.4) is 0 Å². The lowest BCUT2D eigenvalue weighted by Gasteiger charge is -2.33. The van der Waals surface area contributed by atoms with Crippen molar-refractivity contribution in [3.05, 3.63) is 12.2 Å². The predicted octanol–water partition coefficient (Wildman–Crippen LogP) is 3.24. The molecule has 1 fully saturated rings. The van der Waals surface area contributed by atoms with Gasteiger partial charge >= 0.3 is 0 Å². The summed E-state index contributed by atoms with van der Waals surface area (Å²) >= 11 is 0. The predicted molar refractivity (Wildman–Crippen MR) is 45.9 cm³/mol. The monoisotopic (exact) mass is 138 g/mol. The third-order valence-corrected chi connectivity index (χ3v) is 3.25. The molecule has 0 aliphatic heterocycles. The van der Waals surface area contributed by atoms with Crippen molar-refractivity contribution < 1.29 is 0 Å². The molecule has 1 aliphatic carbocycles. The molecule has 0 unspecified atom stereocenters. The summed E-state index contributed by atoms with van der Waals surface area (Å²) in [4.78, 5) is 0.